The van der Waals surface area contributed by atoms with Gasteiger partial charge in [-0.25, -0.2) is 18.2 Å². The Kier molecular flexibility index (Phi) is 4.77. The fraction of sp³-hybridized carbons (Fsp3) is 0.611. The summed E-state index contributed by atoms with van der Waals surface area (Å²) in [7, 11) is 0. The molecule has 148 valence electrons. The number of piperidine rings is 1. The van der Waals surface area contributed by atoms with Gasteiger partial charge in [-0.2, -0.15) is 0 Å². The number of hydrogen-bond acceptors (Lipinski definition) is 5. The molecule has 3 N–H and O–H groups in total. The van der Waals surface area contributed by atoms with Gasteiger partial charge in [0.2, 0.25) is 5.95 Å². The summed E-state index contributed by atoms with van der Waals surface area (Å²) in [5, 5.41) is 3.31. The number of aromatic nitrogens is 2. The van der Waals surface area contributed by atoms with Gasteiger partial charge in [0.05, 0.1) is 23.7 Å². The SMILES string of the molecule is CCC1(n2c(N3CC[C@@H](F)[C@H](N)C3)nc3cc(F)c(F)cc32)CNCCO1. The van der Waals surface area contributed by atoms with Crippen LogP contribution in [0.15, 0.2) is 12.1 Å². The number of halogens is 3. The Hall–Kier alpha value is -1.84. The number of alkyl halides is 1. The molecular formula is C18H24F3N5O. The monoisotopic (exact) mass is 383 g/mol. The summed E-state index contributed by atoms with van der Waals surface area (Å²) in [6, 6.07) is 1.60. The molecule has 0 amide bonds. The fourth-order valence-corrected chi connectivity index (χ4v) is 3.99. The second-order valence-electron chi connectivity index (χ2n) is 7.24. The number of anilines is 1. The van der Waals surface area contributed by atoms with E-state index in [0.29, 0.717) is 49.6 Å². The maximum atomic E-state index is 14.0. The maximum absolute atomic E-state index is 14.0. The summed E-state index contributed by atoms with van der Waals surface area (Å²) < 4.78 is 49.7. The Labute approximate surface area is 155 Å². The lowest BCUT2D eigenvalue weighted by molar-refractivity contribution is -0.124. The highest BCUT2D eigenvalue weighted by molar-refractivity contribution is 5.79. The van der Waals surface area contributed by atoms with Crippen LogP contribution in [0, 0.1) is 11.6 Å². The largest absolute Gasteiger partial charge is 0.353 e. The van der Waals surface area contributed by atoms with E-state index in [9.17, 15) is 13.2 Å². The van der Waals surface area contributed by atoms with Crippen LogP contribution in [0.5, 0.6) is 0 Å². The second-order valence-corrected chi connectivity index (χ2v) is 7.24. The number of nitrogens with two attached hydrogens (primary N) is 1. The first kappa shape index (κ1) is 18.5. The molecule has 0 spiro atoms. The number of morpholine rings is 1. The van der Waals surface area contributed by atoms with Gasteiger partial charge in [0.15, 0.2) is 17.4 Å². The van der Waals surface area contributed by atoms with Gasteiger partial charge in [-0.3, -0.25) is 4.57 Å². The molecule has 27 heavy (non-hydrogen) atoms. The van der Waals surface area contributed by atoms with Gasteiger partial charge in [-0.1, -0.05) is 6.92 Å². The first-order valence-corrected chi connectivity index (χ1v) is 9.32. The maximum Gasteiger partial charge on any atom is 0.209 e. The fourth-order valence-electron chi connectivity index (χ4n) is 3.99. The van der Waals surface area contributed by atoms with Gasteiger partial charge in [0.25, 0.3) is 0 Å². The van der Waals surface area contributed by atoms with E-state index in [4.69, 9.17) is 10.5 Å². The lowest BCUT2D eigenvalue weighted by Gasteiger charge is -2.42. The Morgan fingerprint density at radius 1 is 1.37 bits per heavy atom. The minimum atomic E-state index is -1.07. The quantitative estimate of drug-likeness (QED) is 0.847. The molecule has 4 rings (SSSR count). The number of nitrogens with one attached hydrogen (secondary N) is 1. The average Bonchev–Trinajstić information content (AvgIpc) is 3.03. The zero-order chi connectivity index (χ0) is 19.2. The summed E-state index contributed by atoms with van der Waals surface area (Å²) in [5.74, 6) is -1.39. The molecule has 3 atom stereocenters. The highest BCUT2D eigenvalue weighted by Gasteiger charge is 2.39. The molecule has 0 radical (unpaired) electrons. The van der Waals surface area contributed by atoms with Crippen LogP contribution in [0.4, 0.5) is 19.1 Å². The van der Waals surface area contributed by atoms with E-state index < -0.39 is 29.6 Å². The summed E-state index contributed by atoms with van der Waals surface area (Å²) >= 11 is 0. The van der Waals surface area contributed by atoms with Crippen molar-refractivity contribution in [3.63, 3.8) is 0 Å². The highest BCUT2D eigenvalue weighted by Crippen LogP contribution is 2.36. The van der Waals surface area contributed by atoms with Crippen molar-refractivity contribution in [3.05, 3.63) is 23.8 Å². The predicted octanol–water partition coefficient (Wildman–Crippen LogP) is 1.87. The molecule has 2 aliphatic rings. The van der Waals surface area contributed by atoms with Gasteiger partial charge in [0.1, 0.15) is 6.17 Å². The topological polar surface area (TPSA) is 68.3 Å². The number of fused-ring (bicyclic) bond motifs is 1. The van der Waals surface area contributed by atoms with Crippen molar-refractivity contribution in [2.75, 3.05) is 37.7 Å². The van der Waals surface area contributed by atoms with Crippen molar-refractivity contribution < 1.29 is 17.9 Å². The first-order chi connectivity index (χ1) is 12.9. The predicted molar refractivity (Wildman–Crippen MR) is 96.4 cm³/mol. The van der Waals surface area contributed by atoms with Gasteiger partial charge in [-0.15, -0.1) is 0 Å². The summed E-state index contributed by atoms with van der Waals surface area (Å²) in [5.41, 5.74) is 5.92. The second kappa shape index (κ2) is 6.96. The van der Waals surface area contributed by atoms with Crippen LogP contribution in [-0.2, 0) is 10.5 Å². The molecule has 2 saturated heterocycles. The van der Waals surface area contributed by atoms with Crippen molar-refractivity contribution in [1.29, 1.82) is 0 Å². The average molecular weight is 383 g/mol. The lowest BCUT2D eigenvalue weighted by atomic mass is 10.0. The molecule has 2 fully saturated rings. The van der Waals surface area contributed by atoms with Gasteiger partial charge in [0, 0.05) is 38.3 Å². The molecule has 1 unspecified atom stereocenters. The van der Waals surface area contributed by atoms with Crippen LogP contribution >= 0.6 is 0 Å². The molecular weight excluding hydrogens is 359 g/mol. The third-order valence-corrected chi connectivity index (χ3v) is 5.54. The van der Waals surface area contributed by atoms with Gasteiger partial charge >= 0.3 is 0 Å². The zero-order valence-electron chi connectivity index (χ0n) is 15.2. The molecule has 9 heteroatoms. The summed E-state index contributed by atoms with van der Waals surface area (Å²) in [6.07, 6.45) is -0.185. The van der Waals surface area contributed by atoms with Crippen LogP contribution in [-0.4, -0.2) is 54.6 Å². The van der Waals surface area contributed by atoms with E-state index in [1.165, 1.54) is 0 Å². The zero-order valence-corrected chi connectivity index (χ0v) is 15.2. The third-order valence-electron chi connectivity index (χ3n) is 5.54. The van der Waals surface area contributed by atoms with E-state index in [1.807, 2.05) is 16.4 Å². The Bertz CT molecular complexity index is 836. The molecule has 2 aliphatic heterocycles. The number of hydrogen-bond donors (Lipinski definition) is 2. The smallest absolute Gasteiger partial charge is 0.209 e. The van der Waals surface area contributed by atoms with E-state index in [2.05, 4.69) is 10.3 Å². The normalized spacial score (nSPS) is 29.4. The minimum absolute atomic E-state index is 0.280. The summed E-state index contributed by atoms with van der Waals surface area (Å²) in [6.45, 7) is 4.39. The van der Waals surface area contributed by atoms with Crippen LogP contribution < -0.4 is 16.0 Å². The van der Waals surface area contributed by atoms with Crippen LogP contribution in [0.1, 0.15) is 19.8 Å². The molecule has 0 saturated carbocycles. The molecule has 3 heterocycles. The van der Waals surface area contributed by atoms with Gasteiger partial charge < -0.3 is 20.7 Å². The van der Waals surface area contributed by atoms with Crippen molar-refractivity contribution >= 4 is 17.0 Å². The van der Waals surface area contributed by atoms with E-state index in [0.717, 1.165) is 12.1 Å². The van der Waals surface area contributed by atoms with Crippen molar-refractivity contribution in [2.45, 2.75) is 37.7 Å². The van der Waals surface area contributed by atoms with E-state index in [-0.39, 0.29) is 13.0 Å². The Morgan fingerprint density at radius 3 is 2.81 bits per heavy atom. The lowest BCUT2D eigenvalue weighted by Crippen LogP contribution is -2.54. The van der Waals surface area contributed by atoms with Crippen molar-refractivity contribution in [1.82, 2.24) is 14.9 Å². The van der Waals surface area contributed by atoms with E-state index >= 15 is 0 Å². The Balaban J connectivity index is 1.89. The van der Waals surface area contributed by atoms with E-state index in [1.54, 1.807) is 0 Å². The molecule has 0 bridgehead atoms. The number of imidazole rings is 1. The molecule has 1 aromatic carbocycles. The Morgan fingerprint density at radius 2 is 2.15 bits per heavy atom. The minimum Gasteiger partial charge on any atom is -0.353 e. The number of rotatable bonds is 3. The van der Waals surface area contributed by atoms with Crippen LogP contribution in [0.3, 0.4) is 0 Å². The molecule has 1 aromatic heterocycles. The van der Waals surface area contributed by atoms with Gasteiger partial charge in [-0.05, 0) is 12.8 Å². The van der Waals surface area contributed by atoms with Crippen LogP contribution in [0.2, 0.25) is 0 Å². The third kappa shape index (κ3) is 3.07. The first-order valence-electron chi connectivity index (χ1n) is 9.32. The standard InChI is InChI=1S/C18H24F3N5O/c1-2-18(10-23-4-6-27-18)26-16-8-13(21)12(20)7-15(16)24-17(26)25-5-3-11(19)14(22)9-25/h7-8,11,14,23H,2-6,9-10,22H2,1H3/t11-,14-,18?/m1/s1. The van der Waals surface area contributed by atoms with Crippen molar-refractivity contribution in [2.24, 2.45) is 5.73 Å². The number of nitrogens with zero attached hydrogens (tertiary/aromatic N) is 3. The van der Waals surface area contributed by atoms with Crippen molar-refractivity contribution in [3.8, 4) is 0 Å². The van der Waals surface area contributed by atoms with Crippen LogP contribution in [0.25, 0.3) is 11.0 Å². The summed E-state index contributed by atoms with van der Waals surface area (Å²) in [4.78, 5) is 6.44. The molecule has 0 aliphatic carbocycles. The highest BCUT2D eigenvalue weighted by atomic mass is 19.2. The number of ether oxygens (including phenoxy) is 1. The number of benzene rings is 1. The molecule has 2 aromatic rings. The molecule has 6 nitrogen and oxygen atoms in total.